The van der Waals surface area contributed by atoms with E-state index >= 15 is 0 Å². The number of nitrogens with zero attached hydrogens (tertiary/aromatic N) is 2. The number of hydrogen-bond acceptors (Lipinski definition) is 4. The Kier molecular flexibility index (Phi) is 3.98. The van der Waals surface area contributed by atoms with Crippen LogP contribution in [0.4, 0.5) is 11.4 Å². The van der Waals surface area contributed by atoms with Gasteiger partial charge in [-0.05, 0) is 32.0 Å². The van der Waals surface area contributed by atoms with Crippen LogP contribution in [0, 0.1) is 11.8 Å². The molecule has 0 radical (unpaired) electrons. The SMILES string of the molecule is C=C(C)CN1C(=O)[C@]2(N[C@H](C)[C@H]3C(=O)N(c4ccccc4)C(=O)[C@H]32)c2ccccc21. The number of carbonyl (C=O) groups is 3. The van der Waals surface area contributed by atoms with Gasteiger partial charge in [-0.3, -0.25) is 19.7 Å². The molecule has 2 aromatic carbocycles. The van der Waals surface area contributed by atoms with Gasteiger partial charge in [0.05, 0.1) is 17.5 Å². The minimum atomic E-state index is -1.24. The zero-order chi connectivity index (χ0) is 21.2. The third-order valence-corrected chi connectivity index (χ3v) is 6.46. The molecule has 5 rings (SSSR count). The van der Waals surface area contributed by atoms with Gasteiger partial charge in [-0.1, -0.05) is 48.6 Å². The van der Waals surface area contributed by atoms with Crippen LogP contribution in [0.1, 0.15) is 19.4 Å². The molecule has 1 spiro atoms. The van der Waals surface area contributed by atoms with Gasteiger partial charge in [0.1, 0.15) is 5.54 Å². The topological polar surface area (TPSA) is 69.7 Å². The molecule has 3 aliphatic heterocycles. The minimum absolute atomic E-state index is 0.192. The van der Waals surface area contributed by atoms with Gasteiger partial charge in [-0.2, -0.15) is 0 Å². The maximum Gasteiger partial charge on any atom is 0.253 e. The highest BCUT2D eigenvalue weighted by Crippen LogP contribution is 2.55. The van der Waals surface area contributed by atoms with Crippen molar-refractivity contribution in [1.29, 1.82) is 0 Å². The van der Waals surface area contributed by atoms with E-state index in [-0.39, 0.29) is 23.8 Å². The van der Waals surface area contributed by atoms with Crippen LogP contribution in [0.2, 0.25) is 0 Å². The highest BCUT2D eigenvalue weighted by molar-refractivity contribution is 6.26. The van der Waals surface area contributed by atoms with Crippen LogP contribution < -0.4 is 15.1 Å². The predicted octanol–water partition coefficient (Wildman–Crippen LogP) is 2.60. The predicted molar refractivity (Wildman–Crippen MR) is 114 cm³/mol. The Balaban J connectivity index is 1.67. The molecule has 30 heavy (non-hydrogen) atoms. The fourth-order valence-electron chi connectivity index (χ4n) is 5.37. The first-order valence-electron chi connectivity index (χ1n) is 10.1. The third-order valence-electron chi connectivity index (χ3n) is 6.46. The monoisotopic (exact) mass is 401 g/mol. The van der Waals surface area contributed by atoms with Gasteiger partial charge in [0, 0.05) is 23.8 Å². The lowest BCUT2D eigenvalue weighted by molar-refractivity contribution is -0.132. The molecular weight excluding hydrogens is 378 g/mol. The quantitative estimate of drug-likeness (QED) is 0.634. The van der Waals surface area contributed by atoms with Gasteiger partial charge in [-0.25, -0.2) is 4.90 Å². The summed E-state index contributed by atoms with van der Waals surface area (Å²) < 4.78 is 0. The standard InChI is InChI=1S/C24H23N3O3/c1-14(2)13-26-18-12-8-7-11-17(18)24(23(26)30)20-19(15(3)25-24)21(28)27(22(20)29)16-9-5-4-6-10-16/h4-12,15,19-20,25H,1,13H2,2-3H3/t15-,19-,20+,24+/m1/s1. The van der Waals surface area contributed by atoms with E-state index in [1.54, 1.807) is 29.2 Å². The smallest absolute Gasteiger partial charge is 0.253 e. The second-order valence-corrected chi connectivity index (χ2v) is 8.46. The van der Waals surface area contributed by atoms with E-state index < -0.39 is 17.4 Å². The zero-order valence-electron chi connectivity index (χ0n) is 17.0. The van der Waals surface area contributed by atoms with Crippen molar-refractivity contribution in [3.8, 4) is 0 Å². The number of imide groups is 1. The Labute approximate surface area is 175 Å². The summed E-state index contributed by atoms with van der Waals surface area (Å²) in [4.78, 5) is 43.8. The Morgan fingerprint density at radius 2 is 1.70 bits per heavy atom. The Bertz CT molecular complexity index is 1100. The van der Waals surface area contributed by atoms with Crippen LogP contribution in [-0.2, 0) is 19.9 Å². The number of amides is 3. The van der Waals surface area contributed by atoms with Crippen LogP contribution in [-0.4, -0.2) is 30.3 Å². The molecule has 3 aliphatic rings. The summed E-state index contributed by atoms with van der Waals surface area (Å²) in [5.74, 6) is -2.16. The molecule has 2 fully saturated rings. The molecule has 6 heteroatoms. The summed E-state index contributed by atoms with van der Waals surface area (Å²) in [5, 5.41) is 3.38. The fraction of sp³-hybridized carbons (Fsp3) is 0.292. The Morgan fingerprint density at radius 3 is 2.40 bits per heavy atom. The van der Waals surface area contributed by atoms with E-state index in [2.05, 4.69) is 11.9 Å². The van der Waals surface area contributed by atoms with Crippen molar-refractivity contribution in [2.24, 2.45) is 11.8 Å². The number of nitrogens with one attached hydrogen (secondary N) is 1. The van der Waals surface area contributed by atoms with Gasteiger partial charge < -0.3 is 4.90 Å². The molecule has 0 aromatic heterocycles. The van der Waals surface area contributed by atoms with Crippen molar-refractivity contribution in [2.45, 2.75) is 25.4 Å². The molecule has 1 N–H and O–H groups in total. The van der Waals surface area contributed by atoms with E-state index in [1.165, 1.54) is 4.90 Å². The molecule has 2 saturated heterocycles. The second-order valence-electron chi connectivity index (χ2n) is 8.46. The lowest BCUT2D eigenvalue weighted by atomic mass is 9.76. The first kappa shape index (κ1) is 18.8. The molecule has 3 amide bonds. The first-order valence-corrected chi connectivity index (χ1v) is 10.1. The highest BCUT2D eigenvalue weighted by atomic mass is 16.2. The van der Waals surface area contributed by atoms with E-state index in [0.29, 0.717) is 12.2 Å². The van der Waals surface area contributed by atoms with Crippen molar-refractivity contribution >= 4 is 29.1 Å². The lowest BCUT2D eigenvalue weighted by Crippen LogP contribution is -2.55. The van der Waals surface area contributed by atoms with Crippen molar-refractivity contribution in [2.75, 3.05) is 16.3 Å². The molecular formula is C24H23N3O3. The number of fused-ring (bicyclic) bond motifs is 4. The largest absolute Gasteiger partial charge is 0.306 e. The van der Waals surface area contributed by atoms with Gasteiger partial charge in [0.2, 0.25) is 11.8 Å². The average molecular weight is 401 g/mol. The van der Waals surface area contributed by atoms with Gasteiger partial charge in [-0.15, -0.1) is 0 Å². The Morgan fingerprint density at radius 1 is 1.03 bits per heavy atom. The second kappa shape index (κ2) is 6.37. The number of para-hydroxylation sites is 2. The summed E-state index contributed by atoms with van der Waals surface area (Å²) in [6.07, 6.45) is 0. The van der Waals surface area contributed by atoms with E-state index in [1.807, 2.05) is 44.2 Å². The molecule has 0 unspecified atom stereocenters. The summed E-state index contributed by atoms with van der Waals surface area (Å²) in [6, 6.07) is 16.1. The third kappa shape index (κ3) is 2.25. The summed E-state index contributed by atoms with van der Waals surface area (Å²) >= 11 is 0. The van der Waals surface area contributed by atoms with E-state index in [0.717, 1.165) is 16.8 Å². The summed E-state index contributed by atoms with van der Waals surface area (Å²) in [6.45, 7) is 8.08. The minimum Gasteiger partial charge on any atom is -0.306 e. The zero-order valence-corrected chi connectivity index (χ0v) is 17.0. The molecule has 2 aromatic rings. The van der Waals surface area contributed by atoms with Crippen molar-refractivity contribution < 1.29 is 14.4 Å². The van der Waals surface area contributed by atoms with Gasteiger partial charge >= 0.3 is 0 Å². The maximum absolute atomic E-state index is 13.8. The van der Waals surface area contributed by atoms with Crippen LogP contribution >= 0.6 is 0 Å². The van der Waals surface area contributed by atoms with Crippen molar-refractivity contribution in [3.05, 3.63) is 72.3 Å². The molecule has 0 aliphatic carbocycles. The maximum atomic E-state index is 13.8. The molecule has 0 saturated carbocycles. The lowest BCUT2D eigenvalue weighted by Gasteiger charge is -2.30. The molecule has 0 bridgehead atoms. The number of anilines is 2. The first-order chi connectivity index (χ1) is 14.4. The molecule has 6 nitrogen and oxygen atoms in total. The van der Waals surface area contributed by atoms with Gasteiger partial charge in [0.25, 0.3) is 5.91 Å². The molecule has 4 atom stereocenters. The molecule has 152 valence electrons. The fourth-order valence-corrected chi connectivity index (χ4v) is 5.37. The van der Waals surface area contributed by atoms with Crippen molar-refractivity contribution in [1.82, 2.24) is 5.32 Å². The highest BCUT2D eigenvalue weighted by Gasteiger charge is 2.71. The summed E-state index contributed by atoms with van der Waals surface area (Å²) in [7, 11) is 0. The number of hydrogen-bond donors (Lipinski definition) is 1. The van der Waals surface area contributed by atoms with E-state index in [4.69, 9.17) is 0 Å². The Hall–Kier alpha value is -3.25. The van der Waals surface area contributed by atoms with Crippen LogP contribution in [0.3, 0.4) is 0 Å². The summed E-state index contributed by atoms with van der Waals surface area (Å²) in [5.41, 5.74) is 1.67. The van der Waals surface area contributed by atoms with Gasteiger partial charge in [0.15, 0.2) is 0 Å². The number of benzene rings is 2. The number of carbonyl (C=O) groups excluding carboxylic acids is 3. The van der Waals surface area contributed by atoms with Crippen LogP contribution in [0.15, 0.2) is 66.7 Å². The van der Waals surface area contributed by atoms with E-state index in [9.17, 15) is 14.4 Å². The molecule has 3 heterocycles. The normalized spacial score (nSPS) is 29.7. The number of rotatable bonds is 3. The average Bonchev–Trinajstić information content (AvgIpc) is 3.27. The van der Waals surface area contributed by atoms with Crippen LogP contribution in [0.5, 0.6) is 0 Å². The van der Waals surface area contributed by atoms with Crippen LogP contribution in [0.25, 0.3) is 0 Å². The van der Waals surface area contributed by atoms with Crippen molar-refractivity contribution in [3.63, 3.8) is 0 Å².